The van der Waals surface area contributed by atoms with E-state index in [2.05, 4.69) is 30.7 Å². The number of nitrogens with zero attached hydrogens (tertiary/aromatic N) is 4. The normalized spacial score (nSPS) is 10.8. The lowest BCUT2D eigenvalue weighted by Crippen LogP contribution is -2.31. The van der Waals surface area contributed by atoms with Gasteiger partial charge in [-0.2, -0.15) is 5.10 Å². The topological polar surface area (TPSA) is 112 Å². The maximum atomic E-state index is 11.5. The van der Waals surface area contributed by atoms with Gasteiger partial charge < -0.3 is 15.5 Å². The number of carbonyl (C=O) groups excluding carboxylic acids is 1. The lowest BCUT2D eigenvalue weighted by molar-refractivity contribution is 0.0594. The summed E-state index contributed by atoms with van der Waals surface area (Å²) in [6.45, 7) is 0.336. The molecule has 0 atom stereocenters. The second-order valence-corrected chi connectivity index (χ2v) is 5.99. The van der Waals surface area contributed by atoms with Gasteiger partial charge in [0.25, 0.3) is 0 Å². The Kier molecular flexibility index (Phi) is 4.36. The van der Waals surface area contributed by atoms with Crippen LogP contribution in [-0.2, 0) is 11.3 Å². The van der Waals surface area contributed by atoms with E-state index >= 15 is 0 Å². The van der Waals surface area contributed by atoms with Crippen molar-refractivity contribution in [3.05, 3.63) is 52.4 Å². The number of hydrogen-bond donors (Lipinski definition) is 2. The molecule has 0 spiro atoms. The first-order valence-corrected chi connectivity index (χ1v) is 7.78. The Morgan fingerprint density at radius 3 is 2.92 bits per heavy atom. The summed E-state index contributed by atoms with van der Waals surface area (Å²) in [4.78, 5) is 15.7. The first kappa shape index (κ1) is 16.2. The highest BCUT2D eigenvalue weighted by Gasteiger charge is 2.13. The fraction of sp³-hybridized carbons (Fsp3) is 0.133. The van der Waals surface area contributed by atoms with Gasteiger partial charge in [0.2, 0.25) is 0 Å². The molecule has 0 aliphatic carbocycles. The first-order chi connectivity index (χ1) is 11.5. The van der Waals surface area contributed by atoms with Crippen molar-refractivity contribution < 1.29 is 9.53 Å². The number of benzene rings is 1. The Bertz CT molecular complexity index is 910. The van der Waals surface area contributed by atoms with Gasteiger partial charge in [-0.25, -0.2) is 20.1 Å². The van der Waals surface area contributed by atoms with Crippen molar-refractivity contribution in [2.45, 2.75) is 6.54 Å². The molecule has 8 nitrogen and oxygen atoms in total. The molecule has 3 aromatic rings. The number of anilines is 2. The van der Waals surface area contributed by atoms with Crippen LogP contribution < -0.4 is 16.6 Å². The zero-order chi connectivity index (χ0) is 17.3. The molecule has 2 heterocycles. The number of esters is 1. The average Bonchev–Trinajstić information content (AvgIpc) is 2.99. The van der Waals surface area contributed by atoms with Gasteiger partial charge >= 0.3 is 5.97 Å². The van der Waals surface area contributed by atoms with Crippen LogP contribution in [0.25, 0.3) is 5.65 Å². The van der Waals surface area contributed by atoms with Crippen molar-refractivity contribution in [1.29, 1.82) is 0 Å². The van der Waals surface area contributed by atoms with E-state index in [1.807, 2.05) is 12.1 Å². The van der Waals surface area contributed by atoms with Crippen molar-refractivity contribution in [3.63, 3.8) is 0 Å². The van der Waals surface area contributed by atoms with Crippen LogP contribution in [0.3, 0.4) is 0 Å². The van der Waals surface area contributed by atoms with Crippen LogP contribution in [0.4, 0.5) is 11.4 Å². The van der Waals surface area contributed by atoms with Crippen molar-refractivity contribution in [2.75, 3.05) is 17.9 Å². The average molecular weight is 391 g/mol. The number of carbonyl (C=O) groups is 1. The summed E-state index contributed by atoms with van der Waals surface area (Å²) in [5.74, 6) is 5.60. The number of hydrazine groups is 1. The molecule has 4 N–H and O–H groups in total. The van der Waals surface area contributed by atoms with Gasteiger partial charge in [-0.1, -0.05) is 15.9 Å². The van der Waals surface area contributed by atoms with Crippen LogP contribution in [0.15, 0.2) is 41.0 Å². The van der Waals surface area contributed by atoms with Crippen LogP contribution in [0.2, 0.25) is 0 Å². The Labute approximate surface area is 146 Å². The molecule has 124 valence electrons. The van der Waals surface area contributed by atoms with E-state index in [0.29, 0.717) is 29.3 Å². The van der Waals surface area contributed by atoms with E-state index in [1.54, 1.807) is 18.2 Å². The summed E-state index contributed by atoms with van der Waals surface area (Å²) in [7, 11) is 1.31. The third-order valence-corrected chi connectivity index (χ3v) is 3.90. The summed E-state index contributed by atoms with van der Waals surface area (Å²) in [6.07, 6.45) is 1.51. The molecule has 1 aromatic carbocycles. The molecule has 0 aliphatic heterocycles. The fourth-order valence-electron chi connectivity index (χ4n) is 2.23. The molecule has 0 radical (unpaired) electrons. The molecule has 24 heavy (non-hydrogen) atoms. The molecule has 2 aromatic heterocycles. The Hall–Kier alpha value is -2.65. The van der Waals surface area contributed by atoms with Gasteiger partial charge in [0.05, 0.1) is 36.9 Å². The van der Waals surface area contributed by atoms with Gasteiger partial charge in [0.1, 0.15) is 0 Å². The van der Waals surface area contributed by atoms with E-state index in [4.69, 9.17) is 11.6 Å². The molecular weight excluding hydrogens is 376 g/mol. The number of aromatic nitrogens is 3. The lowest BCUT2D eigenvalue weighted by Gasteiger charge is -2.20. The Morgan fingerprint density at radius 1 is 1.38 bits per heavy atom. The fourth-order valence-corrected chi connectivity index (χ4v) is 2.58. The third-order valence-electron chi connectivity index (χ3n) is 3.40. The maximum Gasteiger partial charge on any atom is 0.358 e. The van der Waals surface area contributed by atoms with E-state index < -0.39 is 5.97 Å². The van der Waals surface area contributed by atoms with Gasteiger partial charge in [0, 0.05) is 4.47 Å². The van der Waals surface area contributed by atoms with Crippen LogP contribution in [0, 0.1) is 0 Å². The molecule has 0 amide bonds. The minimum atomic E-state index is -0.510. The summed E-state index contributed by atoms with van der Waals surface area (Å²) < 4.78 is 7.04. The van der Waals surface area contributed by atoms with Crippen LogP contribution in [0.5, 0.6) is 0 Å². The second-order valence-electron chi connectivity index (χ2n) is 5.08. The van der Waals surface area contributed by atoms with Gasteiger partial charge in [0.15, 0.2) is 11.3 Å². The number of halogens is 1. The van der Waals surface area contributed by atoms with Crippen LogP contribution in [0.1, 0.15) is 16.2 Å². The summed E-state index contributed by atoms with van der Waals surface area (Å²) >= 11 is 3.40. The standard InChI is InChI=1S/C15H15BrN6O2/c1-24-15(23)12-8-22-14(19-12)5-3-10(20-22)7-21(18)13-6-9(16)2-4-11(13)17/h2-6,8H,7,17-18H2,1H3. The first-order valence-electron chi connectivity index (χ1n) is 6.99. The van der Waals surface area contributed by atoms with E-state index in [-0.39, 0.29) is 5.69 Å². The van der Waals surface area contributed by atoms with Gasteiger partial charge in [-0.3, -0.25) is 0 Å². The molecule has 0 saturated carbocycles. The number of nitrogens with two attached hydrogens (primary N) is 2. The van der Waals surface area contributed by atoms with Crippen molar-refractivity contribution >= 4 is 38.9 Å². The quantitative estimate of drug-likeness (QED) is 0.302. The summed E-state index contributed by atoms with van der Waals surface area (Å²) in [5.41, 5.74) is 8.65. The molecule has 0 bridgehead atoms. The van der Waals surface area contributed by atoms with Crippen LogP contribution in [-0.4, -0.2) is 27.7 Å². The SMILES string of the molecule is COC(=O)c1cn2nc(CN(N)c3cc(Br)ccc3N)ccc2n1. The summed E-state index contributed by atoms with van der Waals surface area (Å²) in [5, 5.41) is 5.91. The summed E-state index contributed by atoms with van der Waals surface area (Å²) in [6, 6.07) is 9.00. The number of imidazole rings is 1. The van der Waals surface area contributed by atoms with E-state index in [1.165, 1.54) is 22.8 Å². The minimum Gasteiger partial charge on any atom is -0.464 e. The molecule has 0 fully saturated rings. The second kappa shape index (κ2) is 6.46. The Balaban J connectivity index is 1.87. The van der Waals surface area contributed by atoms with Gasteiger partial charge in [-0.15, -0.1) is 0 Å². The highest BCUT2D eigenvalue weighted by atomic mass is 79.9. The highest BCUT2D eigenvalue weighted by molar-refractivity contribution is 9.10. The molecule has 0 saturated heterocycles. The predicted octanol–water partition coefficient (Wildman–Crippen LogP) is 1.74. The number of methoxy groups -OCH3 is 1. The zero-order valence-corrected chi connectivity index (χ0v) is 14.4. The molecule has 9 heteroatoms. The number of nitrogen functional groups attached to an aromatic ring is 1. The smallest absolute Gasteiger partial charge is 0.358 e. The molecular formula is C15H15BrN6O2. The third kappa shape index (κ3) is 3.17. The number of fused-ring (bicyclic) bond motifs is 1. The number of hydrogen-bond acceptors (Lipinski definition) is 7. The Morgan fingerprint density at radius 2 is 2.17 bits per heavy atom. The largest absolute Gasteiger partial charge is 0.464 e. The molecule has 0 aliphatic rings. The van der Waals surface area contributed by atoms with Crippen LogP contribution >= 0.6 is 15.9 Å². The van der Waals surface area contributed by atoms with Crippen molar-refractivity contribution in [1.82, 2.24) is 14.6 Å². The predicted molar refractivity (Wildman–Crippen MR) is 93.3 cm³/mol. The highest BCUT2D eigenvalue weighted by Crippen LogP contribution is 2.26. The molecule has 3 rings (SSSR count). The van der Waals surface area contributed by atoms with E-state index in [0.717, 1.165) is 4.47 Å². The zero-order valence-electron chi connectivity index (χ0n) is 12.8. The minimum absolute atomic E-state index is 0.197. The monoisotopic (exact) mass is 390 g/mol. The lowest BCUT2D eigenvalue weighted by atomic mass is 10.2. The van der Waals surface area contributed by atoms with Gasteiger partial charge in [-0.05, 0) is 30.3 Å². The van der Waals surface area contributed by atoms with Crippen molar-refractivity contribution in [2.24, 2.45) is 5.84 Å². The maximum absolute atomic E-state index is 11.5. The van der Waals surface area contributed by atoms with Crippen molar-refractivity contribution in [3.8, 4) is 0 Å². The molecule has 0 unspecified atom stereocenters. The van der Waals surface area contributed by atoms with E-state index in [9.17, 15) is 4.79 Å². The number of ether oxygens (including phenoxy) is 1. The number of rotatable bonds is 4.